The van der Waals surface area contributed by atoms with Gasteiger partial charge in [-0.05, 0) is 54.8 Å². The first-order valence-corrected chi connectivity index (χ1v) is 9.08. The van der Waals surface area contributed by atoms with Gasteiger partial charge in [0.1, 0.15) is 0 Å². The third kappa shape index (κ3) is 5.79. The lowest BCUT2D eigenvalue weighted by molar-refractivity contribution is 0.602. The fourth-order valence-corrected chi connectivity index (χ4v) is 2.66. The molecule has 130 valence electrons. The van der Waals surface area contributed by atoms with Gasteiger partial charge in [-0.2, -0.15) is 0 Å². The van der Waals surface area contributed by atoms with Crippen molar-refractivity contribution >= 4 is 45.5 Å². The summed E-state index contributed by atoms with van der Waals surface area (Å²) in [7, 11) is -3.17. The summed E-state index contributed by atoms with van der Waals surface area (Å²) < 4.78 is 22.8. The lowest BCUT2D eigenvalue weighted by Crippen LogP contribution is -2.22. The number of hydrogen-bond acceptors (Lipinski definition) is 3. The van der Waals surface area contributed by atoms with E-state index in [1.165, 1.54) is 17.4 Å². The third-order valence-electron chi connectivity index (χ3n) is 3.56. The Kier molecular flexibility index (Phi) is 7.22. The summed E-state index contributed by atoms with van der Waals surface area (Å²) >= 11 is 0. The van der Waals surface area contributed by atoms with Gasteiger partial charge in [-0.3, -0.25) is 0 Å². The van der Waals surface area contributed by atoms with Crippen molar-refractivity contribution < 1.29 is 8.42 Å². The van der Waals surface area contributed by atoms with Crippen molar-refractivity contribution in [1.82, 2.24) is 0 Å². The van der Waals surface area contributed by atoms with Crippen molar-refractivity contribution in [3.8, 4) is 0 Å². The lowest BCUT2D eigenvalue weighted by atomic mass is 10.1. The second-order valence-corrected chi connectivity index (χ2v) is 7.56. The summed E-state index contributed by atoms with van der Waals surface area (Å²) in [5, 5.41) is 3.05. The van der Waals surface area contributed by atoms with Crippen LogP contribution in [0.2, 0.25) is 0 Å². The largest absolute Gasteiger partial charge is 0.370 e. The Morgan fingerprint density at radius 1 is 1.08 bits per heavy atom. The average Bonchev–Trinajstić information content (AvgIpc) is 2.48. The monoisotopic (exact) mass is 459 g/mol. The summed E-state index contributed by atoms with van der Waals surface area (Å²) in [6, 6.07) is 12.6. The number of nitrogens with two attached hydrogens (primary N) is 1. The minimum absolute atomic E-state index is 0. The molecule has 0 spiro atoms. The van der Waals surface area contributed by atoms with Crippen LogP contribution < -0.4 is 11.1 Å². The van der Waals surface area contributed by atoms with E-state index in [0.717, 1.165) is 11.3 Å². The molecule has 0 aliphatic rings. The van der Waals surface area contributed by atoms with E-state index in [9.17, 15) is 8.42 Å². The molecule has 0 saturated carbocycles. The fraction of sp³-hybridized carbons (Fsp3) is 0.235. The smallest absolute Gasteiger partial charge is 0.193 e. The first-order valence-electron chi connectivity index (χ1n) is 7.19. The van der Waals surface area contributed by atoms with Crippen LogP contribution in [0, 0.1) is 13.8 Å². The molecule has 2 aromatic rings. The van der Waals surface area contributed by atoms with Crippen LogP contribution in [0.3, 0.4) is 0 Å². The molecule has 0 unspecified atom stereocenters. The number of nitrogens with zero attached hydrogens (tertiary/aromatic N) is 1. The van der Waals surface area contributed by atoms with E-state index < -0.39 is 9.84 Å². The summed E-state index contributed by atoms with van der Waals surface area (Å²) in [4.78, 5) is 4.57. The molecule has 5 nitrogen and oxygen atoms in total. The van der Waals surface area contributed by atoms with Crippen LogP contribution in [-0.2, 0) is 16.4 Å². The quantitative estimate of drug-likeness (QED) is 0.418. The lowest BCUT2D eigenvalue weighted by Gasteiger charge is -2.08. The number of sulfone groups is 1. The normalized spacial score (nSPS) is 11.7. The highest BCUT2D eigenvalue weighted by Gasteiger charge is 2.05. The molecule has 3 N–H and O–H groups in total. The molecule has 0 heterocycles. The zero-order valence-corrected chi connectivity index (χ0v) is 17.1. The van der Waals surface area contributed by atoms with Gasteiger partial charge in [0.2, 0.25) is 0 Å². The summed E-state index contributed by atoms with van der Waals surface area (Å²) in [5.41, 5.74) is 10.1. The molecule has 0 atom stereocenters. The van der Waals surface area contributed by atoms with Gasteiger partial charge in [-0.25, -0.2) is 13.4 Å². The van der Waals surface area contributed by atoms with Crippen LogP contribution in [0.25, 0.3) is 0 Å². The summed E-state index contributed by atoms with van der Waals surface area (Å²) in [5.74, 6) is 0.320. The van der Waals surface area contributed by atoms with Crippen molar-refractivity contribution in [2.45, 2.75) is 25.3 Å². The van der Waals surface area contributed by atoms with Crippen molar-refractivity contribution in [3.63, 3.8) is 0 Å². The molecule has 24 heavy (non-hydrogen) atoms. The first kappa shape index (κ1) is 20.4. The van der Waals surface area contributed by atoms with Crippen molar-refractivity contribution in [2.75, 3.05) is 11.6 Å². The fourth-order valence-electron chi connectivity index (χ4n) is 2.03. The van der Waals surface area contributed by atoms with E-state index in [1.54, 1.807) is 24.3 Å². The highest BCUT2D eigenvalue weighted by Crippen LogP contribution is 2.14. The number of halogens is 1. The summed E-state index contributed by atoms with van der Waals surface area (Å²) in [6.45, 7) is 4.47. The number of aryl methyl sites for hydroxylation is 2. The zero-order chi connectivity index (χ0) is 17.0. The van der Waals surface area contributed by atoms with Crippen LogP contribution in [-0.4, -0.2) is 20.6 Å². The third-order valence-corrected chi connectivity index (χ3v) is 4.69. The van der Waals surface area contributed by atoms with Crippen molar-refractivity contribution in [3.05, 3.63) is 59.2 Å². The van der Waals surface area contributed by atoms with Crippen LogP contribution >= 0.6 is 24.0 Å². The molecule has 0 fully saturated rings. The topological polar surface area (TPSA) is 84.5 Å². The molecule has 0 saturated heterocycles. The molecule has 0 aliphatic heterocycles. The number of guanidine groups is 1. The second kappa shape index (κ2) is 8.48. The van der Waals surface area contributed by atoms with Crippen molar-refractivity contribution in [1.29, 1.82) is 0 Å². The molecule has 0 aliphatic carbocycles. The molecular weight excluding hydrogens is 437 g/mol. The minimum Gasteiger partial charge on any atom is -0.370 e. The number of hydrogen-bond donors (Lipinski definition) is 2. The second-order valence-electron chi connectivity index (χ2n) is 5.54. The van der Waals surface area contributed by atoms with Crippen LogP contribution in [0.5, 0.6) is 0 Å². The van der Waals surface area contributed by atoms with E-state index in [4.69, 9.17) is 5.73 Å². The minimum atomic E-state index is -3.17. The highest BCUT2D eigenvalue weighted by molar-refractivity contribution is 14.0. The van der Waals surface area contributed by atoms with Crippen LogP contribution in [0.4, 0.5) is 5.69 Å². The van der Waals surface area contributed by atoms with E-state index in [1.807, 2.05) is 25.1 Å². The van der Waals surface area contributed by atoms with E-state index >= 15 is 0 Å². The van der Waals surface area contributed by atoms with Crippen LogP contribution in [0.1, 0.15) is 16.7 Å². The Hall–Kier alpha value is -1.61. The van der Waals surface area contributed by atoms with Gasteiger partial charge in [0.25, 0.3) is 0 Å². The molecule has 7 heteroatoms. The van der Waals surface area contributed by atoms with Gasteiger partial charge in [0.05, 0.1) is 11.4 Å². The maximum Gasteiger partial charge on any atom is 0.193 e. The molecule has 0 radical (unpaired) electrons. The maximum atomic E-state index is 11.4. The van der Waals surface area contributed by atoms with Gasteiger partial charge in [-0.15, -0.1) is 24.0 Å². The Morgan fingerprint density at radius 3 is 2.25 bits per heavy atom. The Labute approximate surface area is 160 Å². The SMILES string of the molecule is Cc1ccc(NC(N)=NCc2ccc(S(C)(=O)=O)cc2)cc1C.I. The maximum absolute atomic E-state index is 11.4. The average molecular weight is 459 g/mol. The Balaban J connectivity index is 0.00000288. The first-order chi connectivity index (χ1) is 10.8. The molecule has 0 bridgehead atoms. The summed E-state index contributed by atoms with van der Waals surface area (Å²) in [6.07, 6.45) is 1.19. The zero-order valence-electron chi connectivity index (χ0n) is 13.9. The van der Waals surface area contributed by atoms with E-state index in [2.05, 4.69) is 17.2 Å². The number of rotatable bonds is 4. The molecule has 2 rings (SSSR count). The standard InChI is InChI=1S/C17H21N3O2S.HI/c1-12-4-7-15(10-13(12)2)20-17(18)19-11-14-5-8-16(9-6-14)23(3,21)22;/h4-10H,11H2,1-3H3,(H3,18,19,20);1H. The van der Waals surface area contributed by atoms with E-state index in [-0.39, 0.29) is 24.0 Å². The molecular formula is C17H22IN3O2S. The van der Waals surface area contributed by atoms with Crippen LogP contribution in [0.15, 0.2) is 52.4 Å². The number of benzene rings is 2. The van der Waals surface area contributed by atoms with Gasteiger partial charge in [0.15, 0.2) is 15.8 Å². The predicted molar refractivity (Wildman–Crippen MR) is 110 cm³/mol. The molecule has 2 aromatic carbocycles. The molecule has 0 aromatic heterocycles. The van der Waals surface area contributed by atoms with Gasteiger partial charge < -0.3 is 11.1 Å². The number of aliphatic imine (C=N–C) groups is 1. The predicted octanol–water partition coefficient (Wildman–Crippen LogP) is 3.25. The van der Waals surface area contributed by atoms with Crippen molar-refractivity contribution in [2.24, 2.45) is 10.7 Å². The van der Waals surface area contributed by atoms with Gasteiger partial charge in [0, 0.05) is 11.9 Å². The Bertz CT molecular complexity index is 831. The highest BCUT2D eigenvalue weighted by atomic mass is 127. The number of anilines is 1. The van der Waals surface area contributed by atoms with Gasteiger partial charge in [-0.1, -0.05) is 18.2 Å². The van der Waals surface area contributed by atoms with E-state index in [0.29, 0.717) is 17.4 Å². The number of nitrogens with one attached hydrogen (secondary N) is 1. The van der Waals surface area contributed by atoms with Gasteiger partial charge >= 0.3 is 0 Å². The molecule has 0 amide bonds. The Morgan fingerprint density at radius 2 is 1.71 bits per heavy atom.